The average molecular weight is 152 g/mol. The average Bonchev–Trinajstić information content (AvgIpc) is 1.68. The molecular formula is C8H24O2. The van der Waals surface area contributed by atoms with E-state index in [1.165, 1.54) is 0 Å². The molecule has 0 aromatic rings. The largest absolute Gasteiger partial charge is 0.391 e. The molecule has 10 heavy (non-hydrogen) atoms. The van der Waals surface area contributed by atoms with Gasteiger partial charge in [-0.25, -0.2) is 0 Å². The van der Waals surface area contributed by atoms with Crippen LogP contribution < -0.4 is 0 Å². The molecule has 0 saturated heterocycles. The first-order valence-corrected chi connectivity index (χ1v) is 2.48. The third kappa shape index (κ3) is 15.7. The molecule has 1 N–H and O–H groups in total. The molecule has 0 aromatic heterocycles. The van der Waals surface area contributed by atoms with Gasteiger partial charge in [0, 0.05) is 7.11 Å². The van der Waals surface area contributed by atoms with E-state index in [-0.39, 0.29) is 28.4 Å². The van der Waals surface area contributed by atoms with E-state index in [0.717, 1.165) is 6.42 Å². The molecular weight excluding hydrogens is 128 g/mol. The van der Waals surface area contributed by atoms with Gasteiger partial charge in [0.05, 0.1) is 12.7 Å². The Hall–Kier alpha value is -0.0800. The fourth-order valence-electron chi connectivity index (χ4n) is 0.310. The van der Waals surface area contributed by atoms with Crippen molar-refractivity contribution in [2.75, 3.05) is 13.7 Å². The summed E-state index contributed by atoms with van der Waals surface area (Å²) in [6, 6.07) is 0. The third-order valence-corrected chi connectivity index (χ3v) is 0.830. The highest BCUT2D eigenvalue weighted by molar-refractivity contribution is 4.45. The summed E-state index contributed by atoms with van der Waals surface area (Å²) in [5.74, 6) is 0. The molecule has 1 atom stereocenters. The van der Waals surface area contributed by atoms with E-state index >= 15 is 0 Å². The monoisotopic (exact) mass is 152 g/mol. The Morgan fingerprint density at radius 3 is 1.80 bits per heavy atom. The summed E-state index contributed by atoms with van der Waals surface area (Å²) < 4.78 is 4.64. The number of aliphatic hydroxyl groups excluding tert-OH is 1. The van der Waals surface area contributed by atoms with Gasteiger partial charge in [0.15, 0.2) is 0 Å². The minimum atomic E-state index is -0.273. The predicted molar refractivity (Wildman–Crippen MR) is 48.4 cm³/mol. The number of rotatable bonds is 3. The van der Waals surface area contributed by atoms with Gasteiger partial charge >= 0.3 is 0 Å². The van der Waals surface area contributed by atoms with Crippen molar-refractivity contribution in [1.82, 2.24) is 0 Å². The highest BCUT2D eigenvalue weighted by atomic mass is 16.5. The molecule has 1 unspecified atom stereocenters. The van der Waals surface area contributed by atoms with E-state index in [2.05, 4.69) is 4.74 Å². The van der Waals surface area contributed by atoms with Gasteiger partial charge in [-0.05, 0) is 6.42 Å². The van der Waals surface area contributed by atoms with Gasteiger partial charge in [0.1, 0.15) is 0 Å². The lowest BCUT2D eigenvalue weighted by atomic mass is 10.3. The molecule has 0 aliphatic heterocycles. The van der Waals surface area contributed by atoms with E-state index in [0.29, 0.717) is 6.61 Å². The Bertz CT molecular complexity index is 38.2. The zero-order valence-electron chi connectivity index (χ0n) is 4.85. The Balaban J connectivity index is -0.0000000600. The van der Waals surface area contributed by atoms with Gasteiger partial charge < -0.3 is 9.84 Å². The quantitative estimate of drug-likeness (QED) is 0.672. The van der Waals surface area contributed by atoms with Crippen LogP contribution in [0.4, 0.5) is 0 Å². The van der Waals surface area contributed by atoms with Crippen LogP contribution in [0, 0.1) is 0 Å². The fraction of sp³-hybridized carbons (Fsp3) is 1.00. The molecule has 0 spiro atoms. The number of aliphatic hydroxyl groups is 1. The summed E-state index contributed by atoms with van der Waals surface area (Å²) in [7, 11) is 1.58. The Morgan fingerprint density at radius 1 is 1.30 bits per heavy atom. The summed E-state index contributed by atoms with van der Waals surface area (Å²) in [6.07, 6.45) is 0.499. The number of hydrogen-bond acceptors (Lipinski definition) is 2. The lowest BCUT2D eigenvalue weighted by molar-refractivity contribution is 0.0625. The lowest BCUT2D eigenvalue weighted by Gasteiger charge is -2.02. The third-order valence-electron chi connectivity index (χ3n) is 0.830. The molecule has 2 nitrogen and oxygen atoms in total. The van der Waals surface area contributed by atoms with Crippen LogP contribution in [0.3, 0.4) is 0 Å². The summed E-state index contributed by atoms with van der Waals surface area (Å²) in [4.78, 5) is 0. The second-order valence-corrected chi connectivity index (χ2v) is 1.52. The van der Waals surface area contributed by atoms with Gasteiger partial charge in [-0.2, -0.15) is 0 Å². The van der Waals surface area contributed by atoms with E-state index in [9.17, 15) is 0 Å². The van der Waals surface area contributed by atoms with Crippen molar-refractivity contribution in [2.24, 2.45) is 0 Å². The first-order chi connectivity index (χ1) is 3.31. The SMILES string of the molecule is C.C.C.CCC(O)COC. The normalized spacial score (nSPS) is 9.90. The van der Waals surface area contributed by atoms with E-state index in [4.69, 9.17) is 5.11 Å². The molecule has 0 amide bonds. The molecule has 2 heteroatoms. The van der Waals surface area contributed by atoms with Crippen LogP contribution in [0.2, 0.25) is 0 Å². The predicted octanol–water partition coefficient (Wildman–Crippen LogP) is 2.31. The Kier molecular flexibility index (Phi) is 36.0. The van der Waals surface area contributed by atoms with Crippen LogP contribution in [-0.4, -0.2) is 24.9 Å². The van der Waals surface area contributed by atoms with Gasteiger partial charge in [-0.3, -0.25) is 0 Å². The van der Waals surface area contributed by atoms with Crippen molar-refractivity contribution in [2.45, 2.75) is 41.7 Å². The maximum absolute atomic E-state index is 8.73. The van der Waals surface area contributed by atoms with Crippen molar-refractivity contribution < 1.29 is 9.84 Å². The van der Waals surface area contributed by atoms with Crippen LogP contribution in [0.1, 0.15) is 35.6 Å². The molecule has 0 heterocycles. The van der Waals surface area contributed by atoms with Gasteiger partial charge in [-0.1, -0.05) is 29.2 Å². The van der Waals surface area contributed by atoms with Crippen LogP contribution >= 0.6 is 0 Å². The topological polar surface area (TPSA) is 29.5 Å². The van der Waals surface area contributed by atoms with Crippen LogP contribution in [0.25, 0.3) is 0 Å². The van der Waals surface area contributed by atoms with Crippen LogP contribution in [0.5, 0.6) is 0 Å². The molecule has 0 fully saturated rings. The molecule has 0 aliphatic rings. The van der Waals surface area contributed by atoms with E-state index in [1.54, 1.807) is 7.11 Å². The van der Waals surface area contributed by atoms with Gasteiger partial charge in [-0.15, -0.1) is 0 Å². The molecule has 0 saturated carbocycles. The molecule has 0 rings (SSSR count). The molecule has 0 radical (unpaired) electrons. The highest BCUT2D eigenvalue weighted by Gasteiger charge is 1.95. The van der Waals surface area contributed by atoms with Crippen molar-refractivity contribution >= 4 is 0 Å². The standard InChI is InChI=1S/C5H12O2.3CH4/c1-3-5(6)4-7-2;;;/h5-6H,3-4H2,1-2H3;3*1H4. The zero-order chi connectivity index (χ0) is 5.70. The zero-order valence-corrected chi connectivity index (χ0v) is 4.85. The fourth-order valence-corrected chi connectivity index (χ4v) is 0.310. The maximum atomic E-state index is 8.73. The first-order valence-electron chi connectivity index (χ1n) is 2.48. The summed E-state index contributed by atoms with van der Waals surface area (Å²) >= 11 is 0. The summed E-state index contributed by atoms with van der Waals surface area (Å²) in [5, 5.41) is 8.73. The van der Waals surface area contributed by atoms with Crippen molar-refractivity contribution in [3.8, 4) is 0 Å². The van der Waals surface area contributed by atoms with E-state index < -0.39 is 0 Å². The summed E-state index contributed by atoms with van der Waals surface area (Å²) in [5.41, 5.74) is 0. The smallest absolute Gasteiger partial charge is 0.0770 e. The van der Waals surface area contributed by atoms with Crippen molar-refractivity contribution in [1.29, 1.82) is 0 Å². The Morgan fingerprint density at radius 2 is 1.70 bits per heavy atom. The molecule has 0 aliphatic carbocycles. The Labute approximate surface area is 66.2 Å². The second kappa shape index (κ2) is 16.0. The molecule has 0 bridgehead atoms. The van der Waals surface area contributed by atoms with E-state index in [1.807, 2.05) is 6.92 Å². The number of ether oxygens (including phenoxy) is 1. The number of methoxy groups -OCH3 is 1. The minimum absolute atomic E-state index is 0. The van der Waals surface area contributed by atoms with Crippen molar-refractivity contribution in [3.05, 3.63) is 0 Å². The number of hydrogen-bond donors (Lipinski definition) is 1. The van der Waals surface area contributed by atoms with Crippen LogP contribution in [0.15, 0.2) is 0 Å². The second-order valence-electron chi connectivity index (χ2n) is 1.52. The first kappa shape index (κ1) is 22.5. The highest BCUT2D eigenvalue weighted by Crippen LogP contribution is 1.87. The molecule has 0 aromatic carbocycles. The summed E-state index contributed by atoms with van der Waals surface area (Å²) in [6.45, 7) is 2.38. The minimum Gasteiger partial charge on any atom is -0.391 e. The van der Waals surface area contributed by atoms with Gasteiger partial charge in [0.25, 0.3) is 0 Å². The van der Waals surface area contributed by atoms with Crippen LogP contribution in [-0.2, 0) is 4.74 Å². The lowest BCUT2D eigenvalue weighted by Crippen LogP contribution is -2.11. The molecule has 68 valence electrons. The van der Waals surface area contributed by atoms with Gasteiger partial charge in [0.2, 0.25) is 0 Å². The maximum Gasteiger partial charge on any atom is 0.0770 e. The van der Waals surface area contributed by atoms with Crippen molar-refractivity contribution in [3.63, 3.8) is 0 Å².